The maximum absolute atomic E-state index is 14.5. The predicted octanol–water partition coefficient (Wildman–Crippen LogP) is 7.04. The minimum absolute atomic E-state index is 0.220. The molecule has 7 heteroatoms. The Morgan fingerprint density at radius 2 is 1.85 bits per heavy atom. The second-order valence-corrected chi connectivity index (χ2v) is 8.86. The smallest absolute Gasteiger partial charge is 0.248 e. The van der Waals surface area contributed by atoms with Gasteiger partial charge in [-0.15, -0.1) is 0 Å². The Morgan fingerprint density at radius 1 is 1.12 bits per heavy atom. The molecule has 1 amide bonds. The van der Waals surface area contributed by atoms with Crippen molar-refractivity contribution in [3.05, 3.63) is 88.2 Å². The van der Waals surface area contributed by atoms with Crippen LogP contribution in [0.4, 0.5) is 10.1 Å². The van der Waals surface area contributed by atoms with Gasteiger partial charge in [0.2, 0.25) is 5.91 Å². The zero-order valence-corrected chi connectivity index (χ0v) is 20.2. The third kappa shape index (κ3) is 5.49. The normalized spacial score (nSPS) is 10.9. The van der Waals surface area contributed by atoms with Gasteiger partial charge in [0.05, 0.1) is 22.9 Å². The molecule has 4 nitrogen and oxygen atoms in total. The number of nitrogens with two attached hydrogens (primary N) is 1. The first-order chi connectivity index (χ1) is 15.6. The van der Waals surface area contributed by atoms with Crippen molar-refractivity contribution in [3.8, 4) is 16.9 Å². The lowest BCUT2D eigenvalue weighted by atomic mass is 10.0. The number of benzene rings is 3. The van der Waals surface area contributed by atoms with Crippen LogP contribution in [0.3, 0.4) is 0 Å². The summed E-state index contributed by atoms with van der Waals surface area (Å²) in [5.41, 5.74) is 8.45. The van der Waals surface area contributed by atoms with Crippen LogP contribution in [-0.2, 0) is 0 Å². The van der Waals surface area contributed by atoms with E-state index in [0.717, 1.165) is 5.56 Å². The number of carbonyl (C=O) groups excluding carboxylic acids is 1. The van der Waals surface area contributed by atoms with Gasteiger partial charge in [-0.05, 0) is 53.9 Å². The summed E-state index contributed by atoms with van der Waals surface area (Å²) in [6.07, 6.45) is 0. The summed E-state index contributed by atoms with van der Waals surface area (Å²) in [7, 11) is 1.77. The number of anilines is 1. The summed E-state index contributed by atoms with van der Waals surface area (Å²) in [6.45, 7) is 8.60. The summed E-state index contributed by atoms with van der Waals surface area (Å²) < 4.78 is 20.6. The van der Waals surface area contributed by atoms with E-state index in [9.17, 15) is 9.18 Å². The van der Waals surface area contributed by atoms with Gasteiger partial charge in [-0.1, -0.05) is 55.8 Å². The van der Waals surface area contributed by atoms with Crippen molar-refractivity contribution < 1.29 is 13.9 Å². The van der Waals surface area contributed by atoms with E-state index >= 15 is 0 Å². The molecule has 172 valence electrons. The molecule has 33 heavy (non-hydrogen) atoms. The molecule has 0 radical (unpaired) electrons. The standard InChI is InChI=1S/C26H25Cl2FN2O2/c1-15(2)14-33-24-13-17(19-12-18(26(30)32)8-10-20(19)27)9-11-23(24)31(4)16(3)25-21(28)6-5-7-22(25)29/h5-13,15H,3,14H2,1-2,4H3,(H2,30,32). The predicted molar refractivity (Wildman–Crippen MR) is 135 cm³/mol. The first-order valence-electron chi connectivity index (χ1n) is 10.3. The molecule has 0 bridgehead atoms. The molecule has 0 aliphatic heterocycles. The molecule has 0 saturated carbocycles. The van der Waals surface area contributed by atoms with E-state index in [1.807, 2.05) is 32.0 Å². The van der Waals surface area contributed by atoms with Crippen LogP contribution < -0.4 is 15.4 Å². The number of primary amides is 1. The first kappa shape index (κ1) is 24.6. The molecule has 0 heterocycles. The third-order valence-electron chi connectivity index (χ3n) is 5.11. The Bertz CT molecular complexity index is 1190. The van der Waals surface area contributed by atoms with Crippen LogP contribution in [0.25, 0.3) is 16.8 Å². The molecule has 0 aliphatic carbocycles. The summed E-state index contributed by atoms with van der Waals surface area (Å²) in [4.78, 5) is 13.4. The molecular weight excluding hydrogens is 462 g/mol. The van der Waals surface area contributed by atoms with Crippen LogP contribution in [-0.4, -0.2) is 19.6 Å². The Balaban J connectivity index is 2.08. The van der Waals surface area contributed by atoms with E-state index in [1.165, 1.54) is 6.07 Å². The number of hydrogen-bond donors (Lipinski definition) is 1. The van der Waals surface area contributed by atoms with Crippen molar-refractivity contribution in [2.75, 3.05) is 18.6 Å². The van der Waals surface area contributed by atoms with Crippen LogP contribution in [0.1, 0.15) is 29.8 Å². The molecule has 0 spiro atoms. The maximum atomic E-state index is 14.5. The van der Waals surface area contributed by atoms with Gasteiger partial charge in [0, 0.05) is 28.9 Å². The molecule has 3 aromatic carbocycles. The molecule has 3 aromatic rings. The number of hydrogen-bond acceptors (Lipinski definition) is 3. The lowest BCUT2D eigenvalue weighted by Crippen LogP contribution is -2.17. The minimum atomic E-state index is -0.543. The lowest BCUT2D eigenvalue weighted by molar-refractivity contribution is 0.100. The van der Waals surface area contributed by atoms with E-state index in [0.29, 0.717) is 39.9 Å². The number of ether oxygens (including phenoxy) is 1. The van der Waals surface area contributed by atoms with Crippen LogP contribution in [0, 0.1) is 11.7 Å². The second-order valence-electron chi connectivity index (χ2n) is 8.05. The Morgan fingerprint density at radius 3 is 2.48 bits per heavy atom. The van der Waals surface area contributed by atoms with Crippen molar-refractivity contribution in [2.24, 2.45) is 11.7 Å². The van der Waals surface area contributed by atoms with Crippen molar-refractivity contribution in [1.82, 2.24) is 0 Å². The molecule has 0 aliphatic rings. The lowest BCUT2D eigenvalue weighted by Gasteiger charge is -2.26. The monoisotopic (exact) mass is 486 g/mol. The van der Waals surface area contributed by atoms with Crippen molar-refractivity contribution in [3.63, 3.8) is 0 Å². The largest absolute Gasteiger partial charge is 0.491 e. The van der Waals surface area contributed by atoms with Crippen molar-refractivity contribution in [1.29, 1.82) is 0 Å². The zero-order valence-electron chi connectivity index (χ0n) is 18.7. The van der Waals surface area contributed by atoms with Gasteiger partial charge < -0.3 is 15.4 Å². The van der Waals surface area contributed by atoms with Gasteiger partial charge in [0.1, 0.15) is 11.6 Å². The molecule has 2 N–H and O–H groups in total. The SMILES string of the molecule is C=C(c1c(F)cccc1Cl)N(C)c1ccc(-c2cc(C(N)=O)ccc2Cl)cc1OCC(C)C. The van der Waals surface area contributed by atoms with Crippen LogP contribution in [0.15, 0.2) is 61.2 Å². The molecule has 0 unspecified atom stereocenters. The van der Waals surface area contributed by atoms with Gasteiger partial charge in [0.25, 0.3) is 0 Å². The molecule has 0 saturated heterocycles. The average molecular weight is 487 g/mol. The highest BCUT2D eigenvalue weighted by Crippen LogP contribution is 2.39. The van der Waals surface area contributed by atoms with Crippen LogP contribution in [0.2, 0.25) is 10.0 Å². The van der Waals surface area contributed by atoms with E-state index < -0.39 is 11.7 Å². The topological polar surface area (TPSA) is 55.6 Å². The Hall–Kier alpha value is -3.02. The van der Waals surface area contributed by atoms with Gasteiger partial charge in [-0.3, -0.25) is 4.79 Å². The van der Waals surface area contributed by atoms with E-state index in [4.69, 9.17) is 33.7 Å². The molecule has 0 aromatic heterocycles. The van der Waals surface area contributed by atoms with Gasteiger partial charge >= 0.3 is 0 Å². The summed E-state index contributed by atoms with van der Waals surface area (Å²) in [5.74, 6) is -0.176. The summed E-state index contributed by atoms with van der Waals surface area (Å²) in [5, 5.41) is 0.738. The van der Waals surface area contributed by atoms with Gasteiger partial charge in [-0.25, -0.2) is 4.39 Å². The van der Waals surface area contributed by atoms with Crippen LogP contribution in [0.5, 0.6) is 5.75 Å². The zero-order chi connectivity index (χ0) is 24.3. The van der Waals surface area contributed by atoms with Crippen LogP contribution >= 0.6 is 23.2 Å². The number of rotatable bonds is 8. The highest BCUT2D eigenvalue weighted by atomic mass is 35.5. The number of amides is 1. The van der Waals surface area contributed by atoms with Crippen molar-refractivity contribution >= 4 is 40.5 Å². The maximum Gasteiger partial charge on any atom is 0.248 e. The summed E-state index contributed by atoms with van der Waals surface area (Å²) in [6, 6.07) is 14.9. The molecular formula is C26H25Cl2FN2O2. The fraction of sp³-hybridized carbons (Fsp3) is 0.192. The third-order valence-corrected chi connectivity index (χ3v) is 5.76. The highest BCUT2D eigenvalue weighted by Gasteiger charge is 2.19. The van der Waals surface area contributed by atoms with Gasteiger partial charge in [-0.2, -0.15) is 0 Å². The first-order valence-corrected chi connectivity index (χ1v) is 11.1. The fourth-order valence-corrected chi connectivity index (χ4v) is 3.82. The average Bonchev–Trinajstić information content (AvgIpc) is 2.77. The minimum Gasteiger partial charge on any atom is -0.491 e. The molecule has 0 fully saturated rings. The molecule has 0 atom stereocenters. The number of halogens is 3. The van der Waals surface area contributed by atoms with E-state index in [2.05, 4.69) is 6.58 Å². The second kappa shape index (κ2) is 10.3. The van der Waals surface area contributed by atoms with E-state index in [1.54, 1.807) is 42.3 Å². The number of nitrogens with zero attached hydrogens (tertiary/aromatic N) is 1. The van der Waals surface area contributed by atoms with E-state index in [-0.39, 0.29) is 16.5 Å². The number of carbonyl (C=O) groups is 1. The van der Waals surface area contributed by atoms with Gasteiger partial charge in [0.15, 0.2) is 0 Å². The Labute approximate surface area is 203 Å². The Kier molecular flexibility index (Phi) is 7.67. The fourth-order valence-electron chi connectivity index (χ4n) is 3.32. The molecule has 3 rings (SSSR count). The summed E-state index contributed by atoms with van der Waals surface area (Å²) >= 11 is 12.7. The van der Waals surface area contributed by atoms with Crippen molar-refractivity contribution in [2.45, 2.75) is 13.8 Å². The quantitative estimate of drug-likeness (QED) is 0.371. The highest BCUT2D eigenvalue weighted by molar-refractivity contribution is 6.33.